The Morgan fingerprint density at radius 1 is 1.26 bits per heavy atom. The van der Waals surface area contributed by atoms with E-state index in [0.29, 0.717) is 0 Å². The molecule has 7 nitrogen and oxygen atoms in total. The van der Waals surface area contributed by atoms with Crippen LogP contribution in [0.5, 0.6) is 0 Å². The fourth-order valence-electron chi connectivity index (χ4n) is 1.98. The van der Waals surface area contributed by atoms with Crippen molar-refractivity contribution in [2.45, 2.75) is 18.3 Å². The maximum atomic E-state index is 11.9. The Hall–Kier alpha value is -2.66. The summed E-state index contributed by atoms with van der Waals surface area (Å²) in [7, 11) is 0. The zero-order chi connectivity index (χ0) is 16.8. The Bertz CT molecular complexity index is 663. The van der Waals surface area contributed by atoms with E-state index in [1.165, 1.54) is 0 Å². The van der Waals surface area contributed by atoms with E-state index in [0.717, 1.165) is 11.1 Å². The first-order valence-corrected chi connectivity index (χ1v) is 6.75. The summed E-state index contributed by atoms with van der Waals surface area (Å²) < 4.78 is 5.10. The summed E-state index contributed by atoms with van der Waals surface area (Å²) in [6.45, 7) is -0.0807. The molecule has 1 aromatic rings. The van der Waals surface area contributed by atoms with Crippen LogP contribution in [0, 0.1) is 12.3 Å². The fraction of sp³-hybridized carbons (Fsp3) is 0.250. The van der Waals surface area contributed by atoms with Gasteiger partial charge in [-0.05, 0) is 11.6 Å². The molecule has 7 heteroatoms. The molecular formula is C16H15NO6. The third-order valence-electron chi connectivity index (χ3n) is 3.13. The molecule has 3 N–H and O–H groups in total. The van der Waals surface area contributed by atoms with Crippen LogP contribution in [-0.2, 0) is 19.2 Å². The van der Waals surface area contributed by atoms with Gasteiger partial charge in [0.05, 0.1) is 6.54 Å². The second-order valence-electron chi connectivity index (χ2n) is 4.68. The van der Waals surface area contributed by atoms with Crippen molar-refractivity contribution in [1.82, 2.24) is 5.48 Å². The highest BCUT2D eigenvalue weighted by Gasteiger charge is 2.35. The van der Waals surface area contributed by atoms with Gasteiger partial charge in [-0.1, -0.05) is 36.3 Å². The van der Waals surface area contributed by atoms with E-state index < -0.39 is 30.3 Å². The molecule has 0 aliphatic heterocycles. The monoisotopic (exact) mass is 317 g/mol. The summed E-state index contributed by atoms with van der Waals surface area (Å²) in [5.74, 6) is -0.244. The number of carbonyl (C=O) groups excluding carboxylic acids is 2. The molecule has 1 aromatic carbocycles. The van der Waals surface area contributed by atoms with Gasteiger partial charge in [-0.15, -0.1) is 11.9 Å². The van der Waals surface area contributed by atoms with Gasteiger partial charge in [-0.25, -0.2) is 9.59 Å². The van der Waals surface area contributed by atoms with Crippen LogP contribution in [0.1, 0.15) is 17.2 Å². The lowest BCUT2D eigenvalue weighted by atomic mass is 10.1. The summed E-state index contributed by atoms with van der Waals surface area (Å²) in [4.78, 5) is 27.7. The van der Waals surface area contributed by atoms with Crippen LogP contribution in [0.15, 0.2) is 30.3 Å². The summed E-state index contributed by atoms with van der Waals surface area (Å²) in [6.07, 6.45) is 3.49. The number of esters is 1. The number of fused-ring (bicyclic) bond motifs is 1. The number of ether oxygens (including phenoxy) is 1. The van der Waals surface area contributed by atoms with Crippen molar-refractivity contribution in [2.75, 3.05) is 6.54 Å². The number of nitrogens with one attached hydrogen (secondary N) is 1. The zero-order valence-electron chi connectivity index (χ0n) is 12.0. The minimum atomic E-state index is -2.09. The fourth-order valence-corrected chi connectivity index (χ4v) is 1.98. The number of hydroxylamine groups is 1. The lowest BCUT2D eigenvalue weighted by molar-refractivity contribution is -0.178. The maximum absolute atomic E-state index is 11.9. The van der Waals surface area contributed by atoms with Crippen LogP contribution < -0.4 is 5.48 Å². The smallest absolute Gasteiger partial charge is 0.357 e. The van der Waals surface area contributed by atoms with Crippen LogP contribution in [0.3, 0.4) is 0 Å². The topological polar surface area (TPSA) is 105 Å². The largest absolute Gasteiger partial charge is 0.451 e. The Balaban J connectivity index is 1.92. The maximum Gasteiger partial charge on any atom is 0.357 e. The number of benzene rings is 1. The molecule has 0 amide bonds. The van der Waals surface area contributed by atoms with Gasteiger partial charge in [0.25, 0.3) is 0 Å². The number of hydrogen-bond acceptors (Lipinski definition) is 7. The molecule has 1 aliphatic carbocycles. The third kappa shape index (κ3) is 3.96. The normalized spacial score (nSPS) is 17.7. The molecule has 120 valence electrons. The van der Waals surface area contributed by atoms with Crippen molar-refractivity contribution in [2.24, 2.45) is 0 Å². The summed E-state index contributed by atoms with van der Waals surface area (Å²) in [6, 6.07) is 7.24. The van der Waals surface area contributed by atoms with Gasteiger partial charge in [0, 0.05) is 5.56 Å². The van der Waals surface area contributed by atoms with Gasteiger partial charge >= 0.3 is 11.9 Å². The predicted molar refractivity (Wildman–Crippen MR) is 79.3 cm³/mol. The molecule has 1 aliphatic rings. The summed E-state index contributed by atoms with van der Waals surface area (Å²) in [5.41, 5.74) is 3.71. The van der Waals surface area contributed by atoms with E-state index in [2.05, 4.69) is 16.2 Å². The van der Waals surface area contributed by atoms with Gasteiger partial charge in [0.2, 0.25) is 0 Å². The molecule has 3 atom stereocenters. The van der Waals surface area contributed by atoms with E-state index in [1.807, 2.05) is 12.1 Å². The molecular weight excluding hydrogens is 302 g/mol. The van der Waals surface area contributed by atoms with Crippen LogP contribution in [0.4, 0.5) is 0 Å². The molecule has 0 heterocycles. The highest BCUT2D eigenvalue weighted by atomic mass is 16.7. The zero-order valence-corrected chi connectivity index (χ0v) is 12.0. The van der Waals surface area contributed by atoms with Crippen LogP contribution in [0.25, 0.3) is 6.08 Å². The number of rotatable bonds is 6. The summed E-state index contributed by atoms with van der Waals surface area (Å²) in [5, 5.41) is 19.3. The number of terminal acetylenes is 1. The van der Waals surface area contributed by atoms with E-state index in [-0.39, 0.29) is 6.54 Å². The molecule has 0 saturated carbocycles. The van der Waals surface area contributed by atoms with Gasteiger partial charge < -0.3 is 19.8 Å². The lowest BCUT2D eigenvalue weighted by Gasteiger charge is -2.18. The average Bonchev–Trinajstić information content (AvgIpc) is 2.96. The van der Waals surface area contributed by atoms with Crippen LogP contribution >= 0.6 is 0 Å². The summed E-state index contributed by atoms with van der Waals surface area (Å²) >= 11 is 0. The first-order valence-electron chi connectivity index (χ1n) is 6.75. The Morgan fingerprint density at radius 2 is 1.96 bits per heavy atom. The SMILES string of the molecule is C#CCNOC(=O)C(O)C(O)C(=O)OC1C=Cc2ccccc21. The van der Waals surface area contributed by atoms with Gasteiger partial charge in [-0.2, -0.15) is 0 Å². The third-order valence-corrected chi connectivity index (χ3v) is 3.13. The number of hydrogen-bond donors (Lipinski definition) is 3. The Kier molecular flexibility index (Phi) is 5.49. The molecule has 23 heavy (non-hydrogen) atoms. The van der Waals surface area contributed by atoms with Gasteiger partial charge in [0.15, 0.2) is 12.2 Å². The molecule has 0 bridgehead atoms. The second kappa shape index (κ2) is 7.56. The number of aliphatic hydroxyl groups is 2. The molecule has 3 unspecified atom stereocenters. The first-order chi connectivity index (χ1) is 11.0. The predicted octanol–water partition coefficient (Wildman–Crippen LogP) is -0.300. The average molecular weight is 317 g/mol. The second-order valence-corrected chi connectivity index (χ2v) is 4.68. The molecule has 0 saturated heterocycles. The number of carbonyl (C=O) groups is 2. The molecule has 2 rings (SSSR count). The highest BCUT2D eigenvalue weighted by molar-refractivity contribution is 5.85. The standard InChI is InChI=1S/C16H15NO6/c1-2-9-17-23-16(21)14(19)13(18)15(20)22-12-8-7-10-5-3-4-6-11(10)12/h1,3-8,12-14,17-19H,9H2. The van der Waals surface area contributed by atoms with E-state index >= 15 is 0 Å². The molecule has 0 aromatic heterocycles. The van der Waals surface area contributed by atoms with Crippen LogP contribution in [0.2, 0.25) is 0 Å². The quantitative estimate of drug-likeness (QED) is 0.286. The van der Waals surface area contributed by atoms with Crippen molar-refractivity contribution < 1.29 is 29.4 Å². The molecule has 0 radical (unpaired) electrons. The molecule has 0 spiro atoms. The Morgan fingerprint density at radius 3 is 2.70 bits per heavy atom. The van der Waals surface area contributed by atoms with Crippen molar-refractivity contribution in [3.8, 4) is 12.3 Å². The lowest BCUT2D eigenvalue weighted by Crippen LogP contribution is -2.43. The Labute approximate surface area is 132 Å². The number of aliphatic hydroxyl groups excluding tert-OH is 2. The van der Waals surface area contributed by atoms with Crippen molar-refractivity contribution in [1.29, 1.82) is 0 Å². The highest BCUT2D eigenvalue weighted by Crippen LogP contribution is 2.30. The van der Waals surface area contributed by atoms with Crippen molar-refractivity contribution >= 4 is 18.0 Å². The first kappa shape index (κ1) is 16.7. The van der Waals surface area contributed by atoms with Gasteiger partial charge in [-0.3, -0.25) is 0 Å². The van der Waals surface area contributed by atoms with E-state index in [4.69, 9.17) is 11.2 Å². The van der Waals surface area contributed by atoms with Crippen LogP contribution in [-0.4, -0.2) is 40.9 Å². The van der Waals surface area contributed by atoms with E-state index in [1.54, 1.807) is 24.3 Å². The van der Waals surface area contributed by atoms with Gasteiger partial charge in [0.1, 0.15) is 6.10 Å². The minimum absolute atomic E-state index is 0.0807. The minimum Gasteiger partial charge on any atom is -0.451 e. The van der Waals surface area contributed by atoms with E-state index in [9.17, 15) is 19.8 Å². The molecule has 0 fully saturated rings. The van der Waals surface area contributed by atoms with Crippen molar-refractivity contribution in [3.63, 3.8) is 0 Å². The van der Waals surface area contributed by atoms with Crippen molar-refractivity contribution in [3.05, 3.63) is 41.5 Å².